The number of hydrogen-bond acceptors (Lipinski definition) is 5. The summed E-state index contributed by atoms with van der Waals surface area (Å²) in [5, 5.41) is 1.89. The number of pyridine rings is 1. The van der Waals surface area contributed by atoms with Crippen LogP contribution in [0.1, 0.15) is 35.6 Å². The van der Waals surface area contributed by atoms with Crippen LogP contribution >= 0.6 is 0 Å². The molecule has 0 unspecified atom stereocenters. The van der Waals surface area contributed by atoms with Crippen molar-refractivity contribution in [2.45, 2.75) is 33.8 Å². The Hall–Kier alpha value is -3.02. The third kappa shape index (κ3) is 2.41. The fourth-order valence-corrected chi connectivity index (χ4v) is 3.18. The molecule has 0 aliphatic carbocycles. The molecule has 25 heavy (non-hydrogen) atoms. The van der Waals surface area contributed by atoms with E-state index in [1.165, 1.54) is 0 Å². The number of nitrogens with zero attached hydrogens (tertiary/aromatic N) is 3. The Kier molecular flexibility index (Phi) is 3.42. The highest BCUT2D eigenvalue weighted by molar-refractivity contribution is 6.20. The highest BCUT2D eigenvalue weighted by atomic mass is 16.5. The Morgan fingerprint density at radius 2 is 1.88 bits per heavy atom. The van der Waals surface area contributed by atoms with E-state index in [1.807, 2.05) is 39.8 Å². The number of aromatic amines is 1. The third-order valence-corrected chi connectivity index (χ3v) is 4.21. The van der Waals surface area contributed by atoms with Gasteiger partial charge in [0.05, 0.1) is 34.5 Å². The highest BCUT2D eigenvalue weighted by Crippen LogP contribution is 2.33. The normalized spacial score (nSPS) is 11.7. The molecule has 0 saturated heterocycles. The van der Waals surface area contributed by atoms with Gasteiger partial charge >= 0.3 is 5.97 Å². The van der Waals surface area contributed by atoms with Crippen LogP contribution in [0.5, 0.6) is 0 Å². The molecular weight excluding hydrogens is 316 g/mol. The zero-order chi connectivity index (χ0) is 17.7. The molecule has 3 heterocycles. The third-order valence-electron chi connectivity index (χ3n) is 4.21. The van der Waals surface area contributed by atoms with Crippen LogP contribution < -0.4 is 0 Å². The number of H-pyrrole nitrogens is 1. The molecular formula is C19H18N4O2. The van der Waals surface area contributed by atoms with Gasteiger partial charge in [-0.3, -0.25) is 4.98 Å². The van der Waals surface area contributed by atoms with Crippen molar-refractivity contribution in [3.63, 3.8) is 0 Å². The molecule has 4 rings (SSSR count). The number of aryl methyl sites for hydroxylation is 2. The van der Waals surface area contributed by atoms with Crippen LogP contribution in [0.2, 0.25) is 0 Å². The fourth-order valence-electron chi connectivity index (χ4n) is 3.18. The van der Waals surface area contributed by atoms with Crippen LogP contribution in [0.4, 0.5) is 0 Å². The minimum absolute atomic E-state index is 0.193. The molecule has 0 aliphatic heterocycles. The summed E-state index contributed by atoms with van der Waals surface area (Å²) in [5.74, 6) is -0.411. The maximum atomic E-state index is 12.4. The molecule has 0 bridgehead atoms. The molecule has 4 aromatic rings. The number of rotatable bonds is 2. The van der Waals surface area contributed by atoms with Crippen LogP contribution in [-0.4, -0.2) is 32.0 Å². The summed E-state index contributed by atoms with van der Waals surface area (Å²) in [4.78, 5) is 29.2. The Bertz CT molecular complexity index is 1140. The second-order valence-electron chi connectivity index (χ2n) is 6.47. The van der Waals surface area contributed by atoms with E-state index in [1.54, 1.807) is 12.4 Å². The van der Waals surface area contributed by atoms with Crippen LogP contribution in [0, 0.1) is 13.8 Å². The minimum atomic E-state index is -0.411. The van der Waals surface area contributed by atoms with Gasteiger partial charge in [0.1, 0.15) is 0 Å². The van der Waals surface area contributed by atoms with E-state index in [-0.39, 0.29) is 6.10 Å². The second kappa shape index (κ2) is 5.51. The zero-order valence-electron chi connectivity index (χ0n) is 14.5. The molecule has 0 fully saturated rings. The summed E-state index contributed by atoms with van der Waals surface area (Å²) in [6, 6.07) is 3.93. The lowest BCUT2D eigenvalue weighted by Crippen LogP contribution is -2.14. The number of esters is 1. The van der Waals surface area contributed by atoms with Crippen molar-refractivity contribution >= 4 is 38.8 Å². The SMILES string of the molecule is Cc1cnc2c(ccc3[nH]c4cnc(C(=O)OC(C)C)c(C)c4c32)n1. The maximum absolute atomic E-state index is 12.4. The van der Waals surface area contributed by atoms with Crippen molar-refractivity contribution in [1.29, 1.82) is 0 Å². The molecule has 0 saturated carbocycles. The number of carbonyl (C=O) groups excluding carboxylic acids is 1. The average Bonchev–Trinajstić information content (AvgIpc) is 2.93. The molecule has 1 N–H and O–H groups in total. The predicted molar refractivity (Wildman–Crippen MR) is 96.7 cm³/mol. The molecule has 0 spiro atoms. The van der Waals surface area contributed by atoms with E-state index in [4.69, 9.17) is 4.74 Å². The first-order valence-corrected chi connectivity index (χ1v) is 8.20. The maximum Gasteiger partial charge on any atom is 0.357 e. The molecule has 1 aromatic carbocycles. The van der Waals surface area contributed by atoms with E-state index in [0.717, 1.165) is 44.1 Å². The summed E-state index contributed by atoms with van der Waals surface area (Å²) in [7, 11) is 0. The van der Waals surface area contributed by atoms with Gasteiger partial charge in [-0.1, -0.05) is 0 Å². The van der Waals surface area contributed by atoms with Gasteiger partial charge in [0, 0.05) is 22.5 Å². The van der Waals surface area contributed by atoms with E-state index in [9.17, 15) is 4.79 Å². The minimum Gasteiger partial charge on any atom is -0.458 e. The van der Waals surface area contributed by atoms with Crippen LogP contribution in [0.25, 0.3) is 32.8 Å². The summed E-state index contributed by atoms with van der Waals surface area (Å²) in [5.41, 5.74) is 5.43. The number of carbonyl (C=O) groups is 1. The lowest BCUT2D eigenvalue weighted by Gasteiger charge is -2.10. The second-order valence-corrected chi connectivity index (χ2v) is 6.47. The topological polar surface area (TPSA) is 80.8 Å². The Balaban J connectivity index is 2.07. The highest BCUT2D eigenvalue weighted by Gasteiger charge is 2.20. The molecule has 6 nitrogen and oxygen atoms in total. The molecule has 0 aliphatic rings. The first-order chi connectivity index (χ1) is 12.0. The number of nitrogens with one attached hydrogen (secondary N) is 1. The monoisotopic (exact) mass is 334 g/mol. The molecule has 126 valence electrons. The van der Waals surface area contributed by atoms with Crippen molar-refractivity contribution in [3.05, 3.63) is 41.5 Å². The summed E-state index contributed by atoms with van der Waals surface area (Å²) in [6.45, 7) is 7.45. The number of aromatic nitrogens is 4. The number of hydrogen-bond donors (Lipinski definition) is 1. The quantitative estimate of drug-likeness (QED) is 0.563. The summed E-state index contributed by atoms with van der Waals surface area (Å²) >= 11 is 0. The van der Waals surface area contributed by atoms with E-state index in [0.29, 0.717) is 5.69 Å². The number of fused-ring (bicyclic) bond motifs is 5. The van der Waals surface area contributed by atoms with E-state index in [2.05, 4.69) is 19.9 Å². The van der Waals surface area contributed by atoms with E-state index < -0.39 is 5.97 Å². The van der Waals surface area contributed by atoms with Gasteiger partial charge in [0.15, 0.2) is 5.69 Å². The van der Waals surface area contributed by atoms with Gasteiger partial charge in [-0.2, -0.15) is 0 Å². The van der Waals surface area contributed by atoms with Gasteiger partial charge in [0.2, 0.25) is 0 Å². The average molecular weight is 334 g/mol. The lowest BCUT2D eigenvalue weighted by molar-refractivity contribution is 0.0370. The standard InChI is InChI=1S/C19H18N4O2/c1-9(2)25-19(24)17-11(4)15-14(8-21-17)23-12-5-6-13-18(16(12)15)20-7-10(3)22-13/h5-9,23H,1-4H3. The van der Waals surface area contributed by atoms with E-state index >= 15 is 0 Å². The zero-order valence-corrected chi connectivity index (χ0v) is 14.5. The molecule has 0 radical (unpaired) electrons. The van der Waals surface area contributed by atoms with Crippen LogP contribution in [0.3, 0.4) is 0 Å². The number of ether oxygens (including phenoxy) is 1. The lowest BCUT2D eigenvalue weighted by atomic mass is 10.1. The molecule has 6 heteroatoms. The van der Waals surface area contributed by atoms with Gasteiger partial charge in [-0.15, -0.1) is 0 Å². The smallest absolute Gasteiger partial charge is 0.357 e. The Labute approximate surface area is 144 Å². The molecule has 3 aromatic heterocycles. The number of benzene rings is 1. The van der Waals surface area contributed by atoms with Crippen molar-refractivity contribution in [2.75, 3.05) is 0 Å². The predicted octanol–water partition coefficient (Wildman–Crippen LogP) is 3.84. The Morgan fingerprint density at radius 1 is 1.08 bits per heavy atom. The van der Waals surface area contributed by atoms with Crippen molar-refractivity contribution in [3.8, 4) is 0 Å². The molecule has 0 amide bonds. The van der Waals surface area contributed by atoms with Gasteiger partial charge < -0.3 is 9.72 Å². The van der Waals surface area contributed by atoms with Crippen molar-refractivity contribution in [1.82, 2.24) is 19.9 Å². The van der Waals surface area contributed by atoms with Crippen molar-refractivity contribution < 1.29 is 9.53 Å². The van der Waals surface area contributed by atoms with Gasteiger partial charge in [-0.05, 0) is 45.4 Å². The fraction of sp³-hybridized carbons (Fsp3) is 0.263. The first kappa shape index (κ1) is 15.5. The Morgan fingerprint density at radius 3 is 2.64 bits per heavy atom. The molecule has 0 atom stereocenters. The van der Waals surface area contributed by atoms with Crippen LogP contribution in [0.15, 0.2) is 24.5 Å². The first-order valence-electron chi connectivity index (χ1n) is 8.20. The summed E-state index contributed by atoms with van der Waals surface area (Å²) in [6.07, 6.45) is 3.24. The largest absolute Gasteiger partial charge is 0.458 e. The van der Waals surface area contributed by atoms with Crippen LogP contribution in [-0.2, 0) is 4.74 Å². The summed E-state index contributed by atoms with van der Waals surface area (Å²) < 4.78 is 5.32. The van der Waals surface area contributed by atoms with Gasteiger partial charge in [0.25, 0.3) is 0 Å². The van der Waals surface area contributed by atoms with Gasteiger partial charge in [-0.25, -0.2) is 14.8 Å². The van der Waals surface area contributed by atoms with Crippen molar-refractivity contribution in [2.24, 2.45) is 0 Å².